The lowest BCUT2D eigenvalue weighted by molar-refractivity contribution is 0.221. The molecule has 19 heavy (non-hydrogen) atoms. The Kier molecular flexibility index (Phi) is 4.77. The van der Waals surface area contributed by atoms with Crippen LogP contribution in [-0.2, 0) is 6.54 Å². The minimum atomic E-state index is -0.260. The van der Waals surface area contributed by atoms with Crippen molar-refractivity contribution in [3.05, 3.63) is 35.6 Å². The molecule has 104 valence electrons. The quantitative estimate of drug-likeness (QED) is 0.864. The highest BCUT2D eigenvalue weighted by Gasteiger charge is 2.22. The van der Waals surface area contributed by atoms with Gasteiger partial charge in [-0.15, -0.1) is 0 Å². The first-order valence-electron chi connectivity index (χ1n) is 6.94. The third-order valence-electron chi connectivity index (χ3n) is 3.79. The molecule has 1 aromatic rings. The average Bonchev–Trinajstić information content (AvgIpc) is 2.41. The first kappa shape index (κ1) is 13.8. The van der Waals surface area contributed by atoms with E-state index in [0.29, 0.717) is 12.5 Å². The highest BCUT2D eigenvalue weighted by Crippen LogP contribution is 2.23. The zero-order chi connectivity index (χ0) is 13.7. The van der Waals surface area contributed by atoms with E-state index < -0.39 is 0 Å². The summed E-state index contributed by atoms with van der Waals surface area (Å²) < 4.78 is 12.7. The molecule has 1 aliphatic rings. The lowest BCUT2D eigenvalue weighted by atomic mass is 9.86. The maximum Gasteiger partial charge on any atom is 0.315 e. The summed E-state index contributed by atoms with van der Waals surface area (Å²) in [5.74, 6) is 0.287. The van der Waals surface area contributed by atoms with E-state index in [1.165, 1.54) is 31.4 Å². The van der Waals surface area contributed by atoms with Crippen LogP contribution < -0.4 is 10.6 Å². The van der Waals surface area contributed by atoms with Crippen molar-refractivity contribution in [2.75, 3.05) is 0 Å². The van der Waals surface area contributed by atoms with Crippen LogP contribution >= 0.6 is 0 Å². The molecule has 0 aliphatic heterocycles. The predicted octanol–water partition coefficient (Wildman–Crippen LogP) is 3.20. The summed E-state index contributed by atoms with van der Waals surface area (Å²) >= 11 is 0. The molecule has 2 N–H and O–H groups in total. The van der Waals surface area contributed by atoms with Gasteiger partial charge in [-0.2, -0.15) is 0 Å². The molecule has 2 rings (SSSR count). The van der Waals surface area contributed by atoms with E-state index in [1.54, 1.807) is 12.1 Å². The average molecular weight is 264 g/mol. The first-order valence-corrected chi connectivity index (χ1v) is 6.94. The molecule has 0 unspecified atom stereocenters. The summed E-state index contributed by atoms with van der Waals surface area (Å²) in [5, 5.41) is 5.84. The second-order valence-electron chi connectivity index (χ2n) is 5.32. The topological polar surface area (TPSA) is 41.1 Å². The van der Waals surface area contributed by atoms with E-state index in [-0.39, 0.29) is 17.9 Å². The van der Waals surface area contributed by atoms with Gasteiger partial charge >= 0.3 is 6.03 Å². The van der Waals surface area contributed by atoms with Crippen LogP contribution in [0, 0.1) is 11.7 Å². The number of hydrogen-bond donors (Lipinski definition) is 2. The molecule has 0 spiro atoms. The van der Waals surface area contributed by atoms with Crippen LogP contribution in [0.2, 0.25) is 0 Å². The lowest BCUT2D eigenvalue weighted by Gasteiger charge is -2.29. The molecule has 1 saturated carbocycles. The van der Waals surface area contributed by atoms with Crippen LogP contribution in [0.1, 0.15) is 38.2 Å². The normalized spacial score (nSPS) is 22.8. The lowest BCUT2D eigenvalue weighted by Crippen LogP contribution is -2.45. The van der Waals surface area contributed by atoms with Crippen LogP contribution in [0.3, 0.4) is 0 Å². The van der Waals surface area contributed by atoms with Gasteiger partial charge in [-0.05, 0) is 36.5 Å². The summed E-state index contributed by atoms with van der Waals surface area (Å²) in [6.45, 7) is 2.61. The molecule has 2 atom stereocenters. The Labute approximate surface area is 113 Å². The smallest absolute Gasteiger partial charge is 0.315 e. The molecular formula is C15H21FN2O. The van der Waals surface area contributed by atoms with Crippen molar-refractivity contribution in [3.63, 3.8) is 0 Å². The van der Waals surface area contributed by atoms with Crippen LogP contribution in [0.5, 0.6) is 0 Å². The zero-order valence-corrected chi connectivity index (χ0v) is 11.3. The molecule has 1 aromatic carbocycles. The Morgan fingerprint density at radius 1 is 1.26 bits per heavy atom. The highest BCUT2D eigenvalue weighted by molar-refractivity contribution is 5.74. The molecule has 0 aromatic heterocycles. The maximum atomic E-state index is 12.7. The van der Waals surface area contributed by atoms with E-state index in [4.69, 9.17) is 0 Å². The Bertz CT molecular complexity index is 419. The van der Waals surface area contributed by atoms with Gasteiger partial charge in [0.05, 0.1) is 0 Å². The van der Waals surface area contributed by atoms with Crippen LogP contribution in [-0.4, -0.2) is 12.1 Å². The summed E-state index contributed by atoms with van der Waals surface area (Å²) in [4.78, 5) is 11.8. The Morgan fingerprint density at radius 2 is 1.95 bits per heavy atom. The van der Waals surface area contributed by atoms with Gasteiger partial charge in [0.15, 0.2) is 0 Å². The fourth-order valence-electron chi connectivity index (χ4n) is 2.53. The molecule has 0 heterocycles. The summed E-state index contributed by atoms with van der Waals surface area (Å²) in [6.07, 6.45) is 4.69. The number of hydrogen-bond acceptors (Lipinski definition) is 1. The van der Waals surface area contributed by atoms with Gasteiger partial charge < -0.3 is 10.6 Å². The van der Waals surface area contributed by atoms with Crippen molar-refractivity contribution < 1.29 is 9.18 Å². The van der Waals surface area contributed by atoms with E-state index in [1.807, 2.05) is 0 Å². The van der Waals surface area contributed by atoms with E-state index >= 15 is 0 Å². The van der Waals surface area contributed by atoms with Crippen LogP contribution in [0.25, 0.3) is 0 Å². The standard InChI is InChI=1S/C15H21FN2O/c1-11-4-2-3-5-14(11)18-15(19)17-10-12-6-8-13(16)9-7-12/h6-9,11,14H,2-5,10H2,1H3,(H2,17,18,19)/t11-,14-/m0/s1. The van der Waals surface area contributed by atoms with Gasteiger partial charge in [0.2, 0.25) is 0 Å². The van der Waals surface area contributed by atoms with E-state index in [0.717, 1.165) is 12.0 Å². The van der Waals surface area contributed by atoms with Gasteiger partial charge in [0, 0.05) is 12.6 Å². The van der Waals surface area contributed by atoms with Crippen molar-refractivity contribution in [3.8, 4) is 0 Å². The van der Waals surface area contributed by atoms with Crippen molar-refractivity contribution >= 4 is 6.03 Å². The number of halogens is 1. The third kappa shape index (κ3) is 4.23. The molecule has 0 saturated heterocycles. The molecular weight excluding hydrogens is 243 g/mol. The summed E-state index contributed by atoms with van der Waals surface area (Å²) in [6, 6.07) is 6.30. The minimum Gasteiger partial charge on any atom is -0.335 e. The zero-order valence-electron chi connectivity index (χ0n) is 11.3. The van der Waals surface area contributed by atoms with Crippen molar-refractivity contribution in [1.82, 2.24) is 10.6 Å². The highest BCUT2D eigenvalue weighted by atomic mass is 19.1. The van der Waals surface area contributed by atoms with Crippen molar-refractivity contribution in [2.24, 2.45) is 5.92 Å². The number of carbonyl (C=O) groups excluding carboxylic acids is 1. The fourth-order valence-corrected chi connectivity index (χ4v) is 2.53. The van der Waals surface area contributed by atoms with Crippen molar-refractivity contribution in [1.29, 1.82) is 0 Å². The molecule has 4 heteroatoms. The van der Waals surface area contributed by atoms with Gasteiger partial charge in [-0.25, -0.2) is 9.18 Å². The number of nitrogens with one attached hydrogen (secondary N) is 2. The predicted molar refractivity (Wildman–Crippen MR) is 73.2 cm³/mol. The molecule has 1 aliphatic carbocycles. The second kappa shape index (κ2) is 6.55. The molecule has 2 amide bonds. The van der Waals surface area contributed by atoms with Gasteiger partial charge in [0.25, 0.3) is 0 Å². The van der Waals surface area contributed by atoms with Crippen LogP contribution in [0.4, 0.5) is 9.18 Å². The molecule has 1 fully saturated rings. The van der Waals surface area contributed by atoms with E-state index in [2.05, 4.69) is 17.6 Å². The summed E-state index contributed by atoms with van der Waals surface area (Å²) in [5.41, 5.74) is 0.897. The third-order valence-corrected chi connectivity index (χ3v) is 3.79. The molecule has 0 radical (unpaired) electrons. The van der Waals surface area contributed by atoms with Gasteiger partial charge in [-0.1, -0.05) is 31.9 Å². The largest absolute Gasteiger partial charge is 0.335 e. The summed E-state index contributed by atoms with van der Waals surface area (Å²) in [7, 11) is 0. The first-order chi connectivity index (χ1) is 9.15. The Balaban J connectivity index is 1.76. The number of urea groups is 1. The molecule has 3 nitrogen and oxygen atoms in total. The second-order valence-corrected chi connectivity index (χ2v) is 5.32. The fraction of sp³-hybridized carbons (Fsp3) is 0.533. The van der Waals surface area contributed by atoms with Crippen molar-refractivity contribution in [2.45, 2.75) is 45.2 Å². The van der Waals surface area contributed by atoms with Crippen LogP contribution in [0.15, 0.2) is 24.3 Å². The number of amides is 2. The number of carbonyl (C=O) groups is 1. The minimum absolute atomic E-state index is 0.136. The Morgan fingerprint density at radius 3 is 2.63 bits per heavy atom. The number of benzene rings is 1. The maximum absolute atomic E-state index is 12.7. The molecule has 0 bridgehead atoms. The monoisotopic (exact) mass is 264 g/mol. The van der Waals surface area contributed by atoms with E-state index in [9.17, 15) is 9.18 Å². The Hall–Kier alpha value is -1.58. The van der Waals surface area contributed by atoms with Gasteiger partial charge in [-0.3, -0.25) is 0 Å². The number of rotatable bonds is 3. The van der Waals surface area contributed by atoms with Gasteiger partial charge in [0.1, 0.15) is 5.82 Å². The SMILES string of the molecule is C[C@H]1CCCC[C@@H]1NC(=O)NCc1ccc(F)cc1.